The lowest BCUT2D eigenvalue weighted by Gasteiger charge is -2.04. The number of urea groups is 1. The lowest BCUT2D eigenvalue weighted by Crippen LogP contribution is -2.26. The molecule has 2 N–H and O–H groups in total. The van der Waals surface area contributed by atoms with Gasteiger partial charge in [-0.3, -0.25) is 14.9 Å². The first-order chi connectivity index (χ1) is 14.9. The molecule has 1 atom stereocenters. The number of rotatable bonds is 3. The topological polar surface area (TPSA) is 105 Å². The predicted molar refractivity (Wildman–Crippen MR) is 112 cm³/mol. The number of nitrogens with one attached hydrogen (secondary N) is 2. The highest BCUT2D eigenvalue weighted by molar-refractivity contribution is 6.05. The van der Waals surface area contributed by atoms with Crippen LogP contribution in [0.5, 0.6) is 5.75 Å². The van der Waals surface area contributed by atoms with E-state index in [2.05, 4.69) is 22.5 Å². The first-order valence-electron chi connectivity index (χ1n) is 9.49. The molecule has 8 heteroatoms. The van der Waals surface area contributed by atoms with Crippen LogP contribution in [0.2, 0.25) is 0 Å². The summed E-state index contributed by atoms with van der Waals surface area (Å²) in [4.78, 5) is 45.6. The number of benzene rings is 2. The summed E-state index contributed by atoms with van der Waals surface area (Å²) in [5.41, 5.74) is 3.47. The van der Waals surface area contributed by atoms with Gasteiger partial charge >= 0.3 is 6.03 Å². The third kappa shape index (κ3) is 5.28. The summed E-state index contributed by atoms with van der Waals surface area (Å²) in [5, 5.41) is 4.48. The fourth-order valence-corrected chi connectivity index (χ4v) is 3.05. The third-order valence-electron chi connectivity index (χ3n) is 4.71. The lowest BCUT2D eigenvalue weighted by molar-refractivity contribution is -0.119. The van der Waals surface area contributed by atoms with Gasteiger partial charge in [0.05, 0.1) is 7.11 Å². The molecule has 2 aromatic rings. The minimum atomic E-state index is -0.799. The monoisotopic (exact) mass is 419 g/mol. The summed E-state index contributed by atoms with van der Waals surface area (Å²) >= 11 is 0. The van der Waals surface area contributed by atoms with Crippen molar-refractivity contribution in [3.8, 4) is 17.6 Å². The van der Waals surface area contributed by atoms with Crippen molar-refractivity contribution in [3.63, 3.8) is 0 Å². The molecule has 2 aromatic carbocycles. The normalized spacial score (nSPS) is 16.3. The van der Waals surface area contributed by atoms with Gasteiger partial charge in [-0.2, -0.15) is 0 Å². The van der Waals surface area contributed by atoms with Gasteiger partial charge in [0, 0.05) is 31.1 Å². The fraction of sp³-hybridized carbons (Fsp3) is 0.217. The van der Waals surface area contributed by atoms with E-state index in [0.717, 1.165) is 34.3 Å². The standard InChI is InChI=1S/C13H10N2O3.C10H11NO2/c16-8-7-10-3-1-9(2-4-10)5-6-11-12(17)15-13(18)14-11;1-11-6-7-3-4-8(13-2)5-9(7)10(11)12/h1-4,8,11H,7H2,(H2,14,15,17,18);3-5H,6H2,1-2H3. The van der Waals surface area contributed by atoms with E-state index in [0.29, 0.717) is 13.0 Å². The van der Waals surface area contributed by atoms with Gasteiger partial charge in [0.1, 0.15) is 12.0 Å². The van der Waals surface area contributed by atoms with Gasteiger partial charge in [-0.15, -0.1) is 0 Å². The van der Waals surface area contributed by atoms with Crippen molar-refractivity contribution in [1.82, 2.24) is 15.5 Å². The molecule has 0 saturated carbocycles. The van der Waals surface area contributed by atoms with Crippen LogP contribution in [0.3, 0.4) is 0 Å². The Morgan fingerprint density at radius 2 is 1.90 bits per heavy atom. The van der Waals surface area contributed by atoms with Crippen LogP contribution < -0.4 is 15.4 Å². The van der Waals surface area contributed by atoms with Gasteiger partial charge in [0.25, 0.3) is 11.8 Å². The molecule has 1 saturated heterocycles. The Morgan fingerprint density at radius 3 is 2.52 bits per heavy atom. The van der Waals surface area contributed by atoms with E-state index in [1.165, 1.54) is 0 Å². The average molecular weight is 419 g/mol. The Morgan fingerprint density at radius 1 is 1.16 bits per heavy atom. The maximum atomic E-state index is 11.5. The maximum Gasteiger partial charge on any atom is 0.322 e. The second-order valence-corrected chi connectivity index (χ2v) is 6.92. The van der Waals surface area contributed by atoms with Gasteiger partial charge in [-0.05, 0) is 35.4 Å². The lowest BCUT2D eigenvalue weighted by atomic mass is 10.1. The number of amides is 4. The Bertz CT molecular complexity index is 1080. The molecule has 2 heterocycles. The van der Waals surface area contributed by atoms with Gasteiger partial charge in [-0.25, -0.2) is 4.79 Å². The van der Waals surface area contributed by atoms with Crippen molar-refractivity contribution < 1.29 is 23.9 Å². The second kappa shape index (κ2) is 9.59. The van der Waals surface area contributed by atoms with E-state index in [9.17, 15) is 19.2 Å². The van der Waals surface area contributed by atoms with Crippen LogP contribution in [0.4, 0.5) is 4.79 Å². The molecule has 1 unspecified atom stereocenters. The Hall–Kier alpha value is -4.12. The molecule has 0 bridgehead atoms. The Balaban J connectivity index is 0.000000185. The van der Waals surface area contributed by atoms with Crippen molar-refractivity contribution in [3.05, 3.63) is 64.7 Å². The van der Waals surface area contributed by atoms with E-state index >= 15 is 0 Å². The molecule has 1 fully saturated rings. The molecule has 31 heavy (non-hydrogen) atoms. The first-order valence-corrected chi connectivity index (χ1v) is 9.49. The summed E-state index contributed by atoms with van der Waals surface area (Å²) in [6, 6.07) is 11.4. The Labute approximate surface area is 179 Å². The van der Waals surface area contributed by atoms with Crippen LogP contribution in [0.25, 0.3) is 0 Å². The van der Waals surface area contributed by atoms with Crippen molar-refractivity contribution >= 4 is 24.1 Å². The van der Waals surface area contributed by atoms with Gasteiger partial charge in [-0.1, -0.05) is 30.0 Å². The molecule has 158 valence electrons. The molecule has 0 aromatic heterocycles. The number of methoxy groups -OCH3 is 1. The SMILES string of the molecule is COc1ccc2c(c1)C(=O)N(C)C2.O=CCc1ccc(C#CC2NC(=O)NC2=O)cc1. The molecular weight excluding hydrogens is 398 g/mol. The minimum Gasteiger partial charge on any atom is -0.497 e. The van der Waals surface area contributed by atoms with E-state index in [4.69, 9.17) is 4.74 Å². The van der Waals surface area contributed by atoms with Crippen molar-refractivity contribution in [1.29, 1.82) is 0 Å². The first kappa shape index (κ1) is 21.6. The minimum absolute atomic E-state index is 0.0777. The van der Waals surface area contributed by atoms with Crippen molar-refractivity contribution in [2.75, 3.05) is 14.2 Å². The smallest absolute Gasteiger partial charge is 0.322 e. The maximum absolute atomic E-state index is 11.5. The molecule has 4 amide bonds. The number of imide groups is 1. The molecular formula is C23H21N3O5. The highest BCUT2D eigenvalue weighted by Crippen LogP contribution is 2.25. The summed E-state index contributed by atoms with van der Waals surface area (Å²) in [5.74, 6) is 5.84. The van der Waals surface area contributed by atoms with Gasteiger partial charge < -0.3 is 19.7 Å². The summed E-state index contributed by atoms with van der Waals surface area (Å²) < 4.78 is 5.05. The van der Waals surface area contributed by atoms with Crippen LogP contribution in [0.15, 0.2) is 42.5 Å². The number of nitrogens with zero attached hydrogens (tertiary/aromatic N) is 1. The Kier molecular flexibility index (Phi) is 6.67. The van der Waals surface area contributed by atoms with E-state index in [1.54, 1.807) is 49.4 Å². The molecule has 0 radical (unpaired) electrons. The zero-order valence-corrected chi connectivity index (χ0v) is 17.1. The number of ether oxygens (including phenoxy) is 1. The predicted octanol–water partition coefficient (Wildman–Crippen LogP) is 1.27. The number of carbonyl (C=O) groups is 4. The summed E-state index contributed by atoms with van der Waals surface area (Å²) in [6.07, 6.45) is 1.20. The van der Waals surface area contributed by atoms with Crippen LogP contribution in [0, 0.1) is 11.8 Å². The number of fused-ring (bicyclic) bond motifs is 1. The average Bonchev–Trinajstić information content (AvgIpc) is 3.24. The number of aldehydes is 1. The van der Waals surface area contributed by atoms with Crippen LogP contribution in [0.1, 0.15) is 27.0 Å². The van der Waals surface area contributed by atoms with Gasteiger partial charge in [0.2, 0.25) is 0 Å². The summed E-state index contributed by atoms with van der Waals surface area (Å²) in [6.45, 7) is 0.707. The van der Waals surface area contributed by atoms with Crippen molar-refractivity contribution in [2.24, 2.45) is 0 Å². The van der Waals surface area contributed by atoms with Crippen LogP contribution >= 0.6 is 0 Å². The molecule has 4 rings (SSSR count). The quantitative estimate of drug-likeness (QED) is 0.443. The zero-order chi connectivity index (χ0) is 22.4. The molecule has 0 aliphatic carbocycles. The van der Waals surface area contributed by atoms with E-state index < -0.39 is 18.0 Å². The zero-order valence-electron chi connectivity index (χ0n) is 17.1. The number of hydrogen-bond donors (Lipinski definition) is 2. The van der Waals surface area contributed by atoms with E-state index in [-0.39, 0.29) is 5.91 Å². The molecule has 0 spiro atoms. The summed E-state index contributed by atoms with van der Waals surface area (Å²) in [7, 11) is 3.40. The third-order valence-corrected chi connectivity index (χ3v) is 4.71. The molecule has 8 nitrogen and oxygen atoms in total. The van der Waals surface area contributed by atoms with Gasteiger partial charge in [0.15, 0.2) is 6.04 Å². The van der Waals surface area contributed by atoms with Crippen LogP contribution in [-0.2, 0) is 22.6 Å². The highest BCUT2D eigenvalue weighted by atomic mass is 16.5. The number of hydrogen-bond acceptors (Lipinski definition) is 5. The van der Waals surface area contributed by atoms with Crippen LogP contribution in [-0.4, -0.2) is 49.2 Å². The highest BCUT2D eigenvalue weighted by Gasteiger charge is 2.27. The number of carbonyl (C=O) groups excluding carboxylic acids is 4. The fourth-order valence-electron chi connectivity index (χ4n) is 3.05. The molecule has 2 aliphatic heterocycles. The molecule has 2 aliphatic rings. The second-order valence-electron chi connectivity index (χ2n) is 6.92. The largest absolute Gasteiger partial charge is 0.497 e. The van der Waals surface area contributed by atoms with Crippen molar-refractivity contribution in [2.45, 2.75) is 19.0 Å². The van der Waals surface area contributed by atoms with E-state index in [1.807, 2.05) is 12.1 Å².